The van der Waals surface area contributed by atoms with E-state index in [0.717, 1.165) is 44.9 Å². The number of piperidine rings is 1. The van der Waals surface area contributed by atoms with E-state index in [1.807, 2.05) is 12.1 Å². The molecule has 26 heavy (non-hydrogen) atoms. The van der Waals surface area contributed by atoms with Crippen LogP contribution in [0.15, 0.2) is 24.3 Å². The Balaban J connectivity index is 0.00000243. The summed E-state index contributed by atoms with van der Waals surface area (Å²) in [6.07, 6.45) is 2.60. The highest BCUT2D eigenvalue weighted by atomic mass is 35.5. The summed E-state index contributed by atoms with van der Waals surface area (Å²) in [5.41, 5.74) is 1.20. The standard InChI is InChI=1S/C19H27N3O3.ClH/c1-25-17-6-2-5-16(15-17)21-13-11-20(12-14-21)9-4-10-22-18(23)7-3-8-19(22)24;/h2,5-6,15H,3-4,7-14H2,1H3;1H. The van der Waals surface area contributed by atoms with Gasteiger partial charge in [0.25, 0.3) is 0 Å². The van der Waals surface area contributed by atoms with E-state index in [4.69, 9.17) is 4.74 Å². The van der Waals surface area contributed by atoms with Gasteiger partial charge in [0.1, 0.15) is 5.75 Å². The Morgan fingerprint density at radius 3 is 2.35 bits per heavy atom. The van der Waals surface area contributed by atoms with Gasteiger partial charge in [-0.15, -0.1) is 12.4 Å². The molecule has 0 aliphatic carbocycles. The number of piperazine rings is 1. The highest BCUT2D eigenvalue weighted by Crippen LogP contribution is 2.22. The molecule has 2 fully saturated rings. The first-order valence-corrected chi connectivity index (χ1v) is 9.12. The first-order chi connectivity index (χ1) is 12.2. The third-order valence-corrected chi connectivity index (χ3v) is 5.03. The SMILES string of the molecule is COc1cccc(N2CCN(CCCN3C(=O)CCCC3=O)CC2)c1.Cl. The van der Waals surface area contributed by atoms with Gasteiger partial charge in [0.15, 0.2) is 0 Å². The lowest BCUT2D eigenvalue weighted by atomic mass is 10.1. The molecule has 0 atom stereocenters. The Kier molecular flexibility index (Phi) is 7.72. The maximum atomic E-state index is 11.8. The first-order valence-electron chi connectivity index (χ1n) is 9.12. The summed E-state index contributed by atoms with van der Waals surface area (Å²) in [6, 6.07) is 8.17. The average Bonchev–Trinajstić information content (AvgIpc) is 2.65. The lowest BCUT2D eigenvalue weighted by Crippen LogP contribution is -2.47. The second-order valence-corrected chi connectivity index (χ2v) is 6.68. The Hall–Kier alpha value is -1.79. The van der Waals surface area contributed by atoms with Gasteiger partial charge < -0.3 is 9.64 Å². The summed E-state index contributed by atoms with van der Waals surface area (Å²) in [5.74, 6) is 0.883. The Labute approximate surface area is 161 Å². The molecule has 7 heteroatoms. The van der Waals surface area contributed by atoms with Gasteiger partial charge in [0.05, 0.1) is 7.11 Å². The number of halogens is 1. The van der Waals surface area contributed by atoms with Gasteiger partial charge in [-0.1, -0.05) is 6.07 Å². The van der Waals surface area contributed by atoms with Gasteiger partial charge in [-0.2, -0.15) is 0 Å². The topological polar surface area (TPSA) is 53.1 Å². The fraction of sp³-hybridized carbons (Fsp3) is 0.579. The first kappa shape index (κ1) is 20.5. The number of imide groups is 1. The zero-order valence-electron chi connectivity index (χ0n) is 15.4. The number of hydrogen-bond acceptors (Lipinski definition) is 5. The maximum absolute atomic E-state index is 11.8. The number of benzene rings is 1. The highest BCUT2D eigenvalue weighted by molar-refractivity contribution is 5.97. The van der Waals surface area contributed by atoms with E-state index in [1.165, 1.54) is 10.6 Å². The van der Waals surface area contributed by atoms with Crippen molar-refractivity contribution in [2.45, 2.75) is 25.7 Å². The summed E-state index contributed by atoms with van der Waals surface area (Å²) in [6.45, 7) is 5.46. The van der Waals surface area contributed by atoms with Crippen molar-refractivity contribution in [3.63, 3.8) is 0 Å². The van der Waals surface area contributed by atoms with Gasteiger partial charge in [0.2, 0.25) is 11.8 Å². The van der Waals surface area contributed by atoms with Gasteiger partial charge in [-0.05, 0) is 31.5 Å². The number of amides is 2. The minimum atomic E-state index is -0.000839. The normalized spacial score (nSPS) is 18.7. The Morgan fingerprint density at radius 1 is 1.00 bits per heavy atom. The van der Waals surface area contributed by atoms with Crippen LogP contribution in [0.2, 0.25) is 0 Å². The number of rotatable bonds is 6. The third-order valence-electron chi connectivity index (χ3n) is 5.03. The zero-order chi connectivity index (χ0) is 17.6. The molecule has 2 saturated heterocycles. The minimum absolute atomic E-state index is 0. The molecular formula is C19H28ClN3O3. The fourth-order valence-corrected chi connectivity index (χ4v) is 3.54. The smallest absolute Gasteiger partial charge is 0.229 e. The number of hydrogen-bond donors (Lipinski definition) is 0. The molecular weight excluding hydrogens is 354 g/mol. The third kappa shape index (κ3) is 5.11. The molecule has 144 valence electrons. The fourth-order valence-electron chi connectivity index (χ4n) is 3.54. The van der Waals surface area contributed by atoms with Crippen molar-refractivity contribution < 1.29 is 14.3 Å². The van der Waals surface area contributed by atoms with Gasteiger partial charge in [-0.25, -0.2) is 0 Å². The van der Waals surface area contributed by atoms with Gasteiger partial charge >= 0.3 is 0 Å². The number of ether oxygens (including phenoxy) is 1. The molecule has 2 amide bonds. The van der Waals surface area contributed by atoms with Crippen molar-refractivity contribution in [1.82, 2.24) is 9.80 Å². The van der Waals surface area contributed by atoms with E-state index >= 15 is 0 Å². The minimum Gasteiger partial charge on any atom is -0.497 e. The molecule has 2 heterocycles. The van der Waals surface area contributed by atoms with E-state index < -0.39 is 0 Å². The molecule has 0 unspecified atom stereocenters. The van der Waals surface area contributed by atoms with E-state index in [-0.39, 0.29) is 24.2 Å². The molecule has 2 aliphatic heterocycles. The van der Waals surface area contributed by atoms with Crippen LogP contribution in [-0.2, 0) is 9.59 Å². The summed E-state index contributed by atoms with van der Waals surface area (Å²) < 4.78 is 5.30. The van der Waals surface area contributed by atoms with Crippen LogP contribution in [0.4, 0.5) is 5.69 Å². The highest BCUT2D eigenvalue weighted by Gasteiger charge is 2.25. The van der Waals surface area contributed by atoms with Crippen LogP contribution in [0, 0.1) is 0 Å². The Bertz CT molecular complexity index is 602. The zero-order valence-corrected chi connectivity index (χ0v) is 16.2. The van der Waals surface area contributed by atoms with Crippen LogP contribution in [0.3, 0.4) is 0 Å². The van der Waals surface area contributed by atoms with Crippen molar-refractivity contribution >= 4 is 29.9 Å². The summed E-state index contributed by atoms with van der Waals surface area (Å²) in [7, 11) is 1.69. The Morgan fingerprint density at radius 2 is 1.69 bits per heavy atom. The number of carbonyl (C=O) groups is 2. The van der Waals surface area contributed by atoms with Crippen molar-refractivity contribution in [2.75, 3.05) is 51.3 Å². The van der Waals surface area contributed by atoms with E-state index in [9.17, 15) is 9.59 Å². The summed E-state index contributed by atoms with van der Waals surface area (Å²) in [4.78, 5) is 29.9. The molecule has 0 saturated carbocycles. The quantitative estimate of drug-likeness (QED) is 0.707. The van der Waals surface area contributed by atoms with Crippen molar-refractivity contribution in [1.29, 1.82) is 0 Å². The predicted molar refractivity (Wildman–Crippen MR) is 104 cm³/mol. The van der Waals surface area contributed by atoms with E-state index in [1.54, 1.807) is 7.11 Å². The number of nitrogens with zero attached hydrogens (tertiary/aromatic N) is 3. The van der Waals surface area contributed by atoms with Crippen molar-refractivity contribution in [3.8, 4) is 5.75 Å². The molecule has 6 nitrogen and oxygen atoms in total. The molecule has 0 radical (unpaired) electrons. The summed E-state index contributed by atoms with van der Waals surface area (Å²) >= 11 is 0. The lowest BCUT2D eigenvalue weighted by molar-refractivity contribution is -0.148. The van der Waals surface area contributed by atoms with Crippen LogP contribution in [0.25, 0.3) is 0 Å². The predicted octanol–water partition coefficient (Wildman–Crippen LogP) is 2.17. The second kappa shape index (κ2) is 9.78. The van der Waals surface area contributed by atoms with Crippen molar-refractivity contribution in [3.05, 3.63) is 24.3 Å². The lowest BCUT2D eigenvalue weighted by Gasteiger charge is -2.36. The van der Waals surface area contributed by atoms with Gasteiger partial charge in [0, 0.05) is 57.3 Å². The monoisotopic (exact) mass is 381 g/mol. The number of likely N-dealkylation sites (tertiary alicyclic amines) is 1. The largest absolute Gasteiger partial charge is 0.497 e. The molecule has 0 bridgehead atoms. The van der Waals surface area contributed by atoms with E-state index in [0.29, 0.717) is 25.8 Å². The second-order valence-electron chi connectivity index (χ2n) is 6.68. The van der Waals surface area contributed by atoms with Crippen LogP contribution in [0.5, 0.6) is 5.75 Å². The van der Waals surface area contributed by atoms with Crippen LogP contribution >= 0.6 is 12.4 Å². The van der Waals surface area contributed by atoms with E-state index in [2.05, 4.69) is 21.9 Å². The molecule has 1 aromatic rings. The van der Waals surface area contributed by atoms with Crippen molar-refractivity contribution in [2.24, 2.45) is 0 Å². The molecule has 2 aliphatic rings. The average molecular weight is 382 g/mol. The van der Waals surface area contributed by atoms with Crippen LogP contribution in [0.1, 0.15) is 25.7 Å². The number of anilines is 1. The summed E-state index contributed by atoms with van der Waals surface area (Å²) in [5, 5.41) is 0. The molecule has 3 rings (SSSR count). The number of methoxy groups -OCH3 is 1. The number of carbonyl (C=O) groups excluding carboxylic acids is 2. The molecule has 1 aromatic carbocycles. The van der Waals surface area contributed by atoms with Crippen LogP contribution < -0.4 is 9.64 Å². The van der Waals surface area contributed by atoms with Gasteiger partial charge in [-0.3, -0.25) is 19.4 Å². The molecule has 0 spiro atoms. The molecule has 0 N–H and O–H groups in total. The molecule has 0 aromatic heterocycles. The van der Waals surface area contributed by atoms with Crippen LogP contribution in [-0.4, -0.2) is 68.0 Å². The maximum Gasteiger partial charge on any atom is 0.229 e.